The third-order valence-corrected chi connectivity index (χ3v) is 13.4. The van der Waals surface area contributed by atoms with E-state index >= 15 is 0 Å². The Morgan fingerprint density at radius 2 is 1.14 bits per heavy atom. The molecule has 0 aliphatic carbocycles. The molecule has 2 aliphatic rings. The van der Waals surface area contributed by atoms with E-state index in [1.807, 2.05) is 23.5 Å². The van der Waals surface area contributed by atoms with Crippen LogP contribution in [0.15, 0.2) is 34.1 Å². The first-order valence-corrected chi connectivity index (χ1v) is 20.2. The summed E-state index contributed by atoms with van der Waals surface area (Å²) in [7, 11) is 1.79. The first-order chi connectivity index (χ1) is 23.0. The summed E-state index contributed by atoms with van der Waals surface area (Å²) in [4.78, 5) is 20.4. The molecule has 0 bridgehead atoms. The van der Waals surface area contributed by atoms with Gasteiger partial charge in [0.25, 0.3) is 0 Å². The van der Waals surface area contributed by atoms with Crippen molar-refractivity contribution >= 4 is 29.4 Å². The number of aliphatic hydroxyl groups excluding tert-OH is 1. The Bertz CT molecular complexity index is 1420. The molecule has 2 aromatic carbocycles. The van der Waals surface area contributed by atoms with E-state index in [9.17, 15) is 15.0 Å². The average Bonchev–Trinajstić information content (AvgIpc) is 3.00. The lowest BCUT2D eigenvalue weighted by Gasteiger charge is -2.42. The predicted molar refractivity (Wildman–Crippen MR) is 212 cm³/mol. The number of hydrogen-bond acceptors (Lipinski definition) is 7. The summed E-state index contributed by atoms with van der Waals surface area (Å²) in [5, 5.41) is 21.1. The van der Waals surface area contributed by atoms with Crippen molar-refractivity contribution in [3.63, 3.8) is 0 Å². The number of aromatic hydroxyl groups is 1. The van der Waals surface area contributed by atoms with E-state index in [0.29, 0.717) is 31.3 Å². The summed E-state index contributed by atoms with van der Waals surface area (Å²) >= 11 is 3.86. The molecule has 0 atom stereocenters. The van der Waals surface area contributed by atoms with Gasteiger partial charge in [-0.1, -0.05) is 83.1 Å². The number of ether oxygens (including phenoxy) is 1. The number of nitrogens with zero attached hydrogens (tertiary/aromatic N) is 2. The van der Waals surface area contributed by atoms with Crippen molar-refractivity contribution in [2.24, 2.45) is 5.92 Å². The molecule has 1 amide bonds. The molecule has 2 fully saturated rings. The standard InChI is InChI=1S/C42H66N2O4S2/c1-38(2,3)31-22-29(23-32(36(31)47)39(4,5)6)49-42(16-20-44(21-17-42)35(46)26-43-18-14-28(27-45)15-19-43)50-30-24-33(40(7,8)9)37(48-13)34(25-30)41(10,11)12/h22-25,28,45,47H,14-21,26-27H2,1-13H3. The van der Waals surface area contributed by atoms with Crippen LogP contribution in [0.2, 0.25) is 0 Å². The quantitative estimate of drug-likeness (QED) is 0.263. The van der Waals surface area contributed by atoms with Gasteiger partial charge in [0.2, 0.25) is 5.91 Å². The second kappa shape index (κ2) is 15.2. The fourth-order valence-corrected chi connectivity index (χ4v) is 10.3. The minimum atomic E-state index is -0.226. The van der Waals surface area contributed by atoms with E-state index in [2.05, 4.69) is 117 Å². The predicted octanol–water partition coefficient (Wildman–Crippen LogP) is 9.50. The molecule has 2 aromatic rings. The zero-order chi connectivity index (χ0) is 37.4. The van der Waals surface area contributed by atoms with E-state index in [1.165, 1.54) is 16.0 Å². The molecule has 2 heterocycles. The smallest absolute Gasteiger partial charge is 0.236 e. The zero-order valence-corrected chi connectivity index (χ0v) is 35.0. The Morgan fingerprint density at radius 3 is 1.50 bits per heavy atom. The number of carbonyl (C=O) groups excluding carboxylic acids is 1. The van der Waals surface area contributed by atoms with Crippen LogP contribution in [0.1, 0.15) is 131 Å². The van der Waals surface area contributed by atoms with E-state index in [4.69, 9.17) is 4.74 Å². The van der Waals surface area contributed by atoms with Crippen molar-refractivity contribution in [3.8, 4) is 11.5 Å². The van der Waals surface area contributed by atoms with E-state index in [-0.39, 0.29) is 38.3 Å². The van der Waals surface area contributed by atoms with Gasteiger partial charge in [0.15, 0.2) is 0 Å². The molecule has 0 spiro atoms. The van der Waals surface area contributed by atoms with Gasteiger partial charge >= 0.3 is 0 Å². The number of methoxy groups -OCH3 is 1. The minimum absolute atomic E-state index is 0.107. The number of phenols is 1. The Labute approximate surface area is 312 Å². The molecule has 2 aliphatic heterocycles. The van der Waals surface area contributed by atoms with Crippen LogP contribution in [-0.4, -0.2) is 76.4 Å². The number of aliphatic hydroxyl groups is 1. The van der Waals surface area contributed by atoms with Gasteiger partial charge in [0, 0.05) is 51.7 Å². The number of thioether (sulfide) groups is 2. The van der Waals surface area contributed by atoms with Crippen molar-refractivity contribution in [3.05, 3.63) is 46.5 Å². The normalized spacial score (nSPS) is 18.4. The highest BCUT2D eigenvalue weighted by Gasteiger charge is 2.40. The van der Waals surface area contributed by atoms with Crippen molar-refractivity contribution in [2.75, 3.05) is 46.4 Å². The molecule has 0 radical (unpaired) electrons. The maximum atomic E-state index is 13.7. The van der Waals surface area contributed by atoms with Crippen LogP contribution < -0.4 is 4.74 Å². The lowest BCUT2D eigenvalue weighted by Crippen LogP contribution is -2.48. The average molecular weight is 727 g/mol. The molecule has 0 unspecified atom stereocenters. The highest BCUT2D eigenvalue weighted by atomic mass is 32.2. The highest BCUT2D eigenvalue weighted by Crippen LogP contribution is 2.55. The van der Waals surface area contributed by atoms with Crippen LogP contribution in [0.5, 0.6) is 11.5 Å². The second-order valence-corrected chi connectivity index (χ2v) is 22.0. The van der Waals surface area contributed by atoms with Crippen molar-refractivity contribution in [2.45, 2.75) is 144 Å². The van der Waals surface area contributed by atoms with Crippen LogP contribution in [-0.2, 0) is 26.5 Å². The van der Waals surface area contributed by atoms with Gasteiger partial charge in [-0.2, -0.15) is 0 Å². The number of likely N-dealkylation sites (tertiary alicyclic amines) is 2. The first kappa shape index (κ1) is 40.9. The van der Waals surface area contributed by atoms with Gasteiger partial charge < -0.3 is 19.8 Å². The number of amides is 1. The van der Waals surface area contributed by atoms with Crippen LogP contribution in [0.4, 0.5) is 0 Å². The van der Waals surface area contributed by atoms with E-state index in [1.54, 1.807) is 7.11 Å². The molecular weight excluding hydrogens is 661 g/mol. The summed E-state index contributed by atoms with van der Waals surface area (Å²) in [6, 6.07) is 9.10. The fraction of sp³-hybridized carbons (Fsp3) is 0.690. The van der Waals surface area contributed by atoms with Crippen LogP contribution >= 0.6 is 23.5 Å². The van der Waals surface area contributed by atoms with Crippen molar-refractivity contribution < 1.29 is 19.7 Å². The Balaban J connectivity index is 1.75. The lowest BCUT2D eigenvalue weighted by atomic mass is 9.79. The molecule has 6 nitrogen and oxygen atoms in total. The number of rotatable bonds is 8. The van der Waals surface area contributed by atoms with Gasteiger partial charge in [-0.15, -0.1) is 23.5 Å². The molecule has 8 heteroatoms. The maximum Gasteiger partial charge on any atom is 0.236 e. The first-order valence-electron chi connectivity index (χ1n) is 18.6. The molecule has 4 rings (SSSR count). The number of hydrogen-bond donors (Lipinski definition) is 2. The number of benzene rings is 2. The maximum absolute atomic E-state index is 13.7. The summed E-state index contributed by atoms with van der Waals surface area (Å²) in [5.41, 5.74) is 3.71. The molecule has 2 saturated heterocycles. The lowest BCUT2D eigenvalue weighted by molar-refractivity contribution is -0.133. The molecule has 0 saturated carbocycles. The van der Waals surface area contributed by atoms with Crippen LogP contribution in [0.25, 0.3) is 0 Å². The monoisotopic (exact) mass is 726 g/mol. The molecule has 50 heavy (non-hydrogen) atoms. The molecule has 2 N–H and O–H groups in total. The SMILES string of the molecule is COc1c(C(C)(C)C)cc(SC2(Sc3cc(C(C)(C)C)c(O)c(C(C)(C)C)c3)CCN(C(=O)CN3CCC(CO)CC3)CC2)cc1C(C)(C)C. The Morgan fingerprint density at radius 1 is 0.740 bits per heavy atom. The van der Waals surface area contributed by atoms with Gasteiger partial charge in [-0.25, -0.2) is 0 Å². The second-order valence-electron chi connectivity index (χ2n) is 18.8. The van der Waals surface area contributed by atoms with Gasteiger partial charge in [0.05, 0.1) is 17.7 Å². The fourth-order valence-electron chi connectivity index (χ4n) is 7.18. The van der Waals surface area contributed by atoms with Crippen molar-refractivity contribution in [1.82, 2.24) is 9.80 Å². The van der Waals surface area contributed by atoms with Gasteiger partial charge in [-0.05, 0) is 90.6 Å². The number of carbonyl (C=O) groups is 1. The molecular formula is C42H66N2O4S2. The molecule has 280 valence electrons. The van der Waals surface area contributed by atoms with Crippen LogP contribution in [0.3, 0.4) is 0 Å². The highest BCUT2D eigenvalue weighted by molar-refractivity contribution is 8.18. The Kier molecular flexibility index (Phi) is 12.5. The van der Waals surface area contributed by atoms with Gasteiger partial charge in [0.1, 0.15) is 11.5 Å². The topological polar surface area (TPSA) is 73.2 Å². The summed E-state index contributed by atoms with van der Waals surface area (Å²) in [5.74, 6) is 1.95. The zero-order valence-electron chi connectivity index (χ0n) is 33.4. The van der Waals surface area contributed by atoms with Crippen LogP contribution in [0, 0.1) is 5.92 Å². The third kappa shape index (κ3) is 9.76. The number of piperidine rings is 2. The largest absolute Gasteiger partial charge is 0.507 e. The summed E-state index contributed by atoms with van der Waals surface area (Å²) in [6.07, 6.45) is 3.60. The minimum Gasteiger partial charge on any atom is -0.507 e. The Hall–Kier alpha value is -1.87. The third-order valence-electron chi connectivity index (χ3n) is 10.4. The van der Waals surface area contributed by atoms with E-state index in [0.717, 1.165) is 60.5 Å². The van der Waals surface area contributed by atoms with Crippen molar-refractivity contribution in [1.29, 1.82) is 0 Å². The molecule has 0 aromatic heterocycles. The van der Waals surface area contributed by atoms with E-state index < -0.39 is 0 Å². The van der Waals surface area contributed by atoms with Gasteiger partial charge in [-0.3, -0.25) is 9.69 Å². The summed E-state index contributed by atoms with van der Waals surface area (Å²) in [6.45, 7) is 30.4. The number of phenolic OH excluding ortho intramolecular Hbond substituents is 1. The summed E-state index contributed by atoms with van der Waals surface area (Å²) < 4.78 is 5.89.